The Kier molecular flexibility index (Phi) is 4.07. The third-order valence-electron chi connectivity index (χ3n) is 3.65. The Hall–Kier alpha value is -0.870. The maximum absolute atomic E-state index is 12.3. The fraction of sp³-hybridized carbons (Fsp3) is 0.571. The van der Waals surface area contributed by atoms with Gasteiger partial charge in [-0.25, -0.2) is 8.42 Å². The van der Waals surface area contributed by atoms with Crippen molar-refractivity contribution in [2.75, 3.05) is 12.3 Å². The van der Waals surface area contributed by atoms with Crippen molar-refractivity contribution >= 4 is 10.0 Å². The van der Waals surface area contributed by atoms with Crippen molar-refractivity contribution < 1.29 is 8.42 Å². The molecule has 0 amide bonds. The van der Waals surface area contributed by atoms with Crippen molar-refractivity contribution in [3.05, 3.63) is 35.4 Å². The number of benzene rings is 1. The van der Waals surface area contributed by atoms with Crippen LogP contribution in [0.1, 0.15) is 43.9 Å². The van der Waals surface area contributed by atoms with Gasteiger partial charge in [0.2, 0.25) is 10.0 Å². The number of sulfonamides is 1. The first kappa shape index (κ1) is 13.6. The van der Waals surface area contributed by atoms with Gasteiger partial charge in [-0.3, -0.25) is 0 Å². The van der Waals surface area contributed by atoms with Crippen molar-refractivity contribution in [3.63, 3.8) is 0 Å². The molecule has 1 aromatic carbocycles. The van der Waals surface area contributed by atoms with Crippen LogP contribution in [0.25, 0.3) is 0 Å². The molecule has 4 heteroatoms. The summed E-state index contributed by atoms with van der Waals surface area (Å²) in [4.78, 5) is 0. The fourth-order valence-corrected chi connectivity index (χ4v) is 4.43. The van der Waals surface area contributed by atoms with Crippen LogP contribution in [0.4, 0.5) is 0 Å². The number of nitrogens with zero attached hydrogens (tertiary/aromatic N) is 1. The van der Waals surface area contributed by atoms with Gasteiger partial charge in [-0.2, -0.15) is 4.31 Å². The van der Waals surface area contributed by atoms with Gasteiger partial charge >= 0.3 is 0 Å². The van der Waals surface area contributed by atoms with E-state index in [1.54, 1.807) is 4.31 Å². The van der Waals surface area contributed by atoms with Gasteiger partial charge in [0.25, 0.3) is 0 Å². The standard InChI is InChI=1S/C14H21NO2S/c1-3-4-11-18(16,17)15-10-9-13-7-5-6-8-14(13)12(15)2/h5-8,12H,3-4,9-11H2,1-2H3. The summed E-state index contributed by atoms with van der Waals surface area (Å²) in [6, 6.07) is 8.12. The topological polar surface area (TPSA) is 37.4 Å². The average Bonchev–Trinajstić information content (AvgIpc) is 2.37. The molecular weight excluding hydrogens is 246 g/mol. The highest BCUT2D eigenvalue weighted by atomic mass is 32.2. The van der Waals surface area contributed by atoms with Gasteiger partial charge in [-0.05, 0) is 30.9 Å². The molecule has 100 valence electrons. The lowest BCUT2D eigenvalue weighted by Crippen LogP contribution is -2.40. The van der Waals surface area contributed by atoms with Gasteiger partial charge in [-0.1, -0.05) is 37.6 Å². The van der Waals surface area contributed by atoms with Gasteiger partial charge in [-0.15, -0.1) is 0 Å². The summed E-state index contributed by atoms with van der Waals surface area (Å²) in [5.41, 5.74) is 2.44. The minimum Gasteiger partial charge on any atom is -0.212 e. The van der Waals surface area contributed by atoms with Crippen LogP contribution in [0.5, 0.6) is 0 Å². The van der Waals surface area contributed by atoms with Gasteiger partial charge in [0.05, 0.1) is 5.75 Å². The van der Waals surface area contributed by atoms with Crippen molar-refractivity contribution in [3.8, 4) is 0 Å². The second-order valence-electron chi connectivity index (χ2n) is 4.91. The molecule has 1 unspecified atom stereocenters. The highest BCUT2D eigenvalue weighted by molar-refractivity contribution is 7.89. The van der Waals surface area contributed by atoms with E-state index in [1.165, 1.54) is 5.56 Å². The quantitative estimate of drug-likeness (QED) is 0.841. The zero-order valence-corrected chi connectivity index (χ0v) is 11.9. The van der Waals surface area contributed by atoms with E-state index in [1.807, 2.05) is 32.0 Å². The van der Waals surface area contributed by atoms with E-state index < -0.39 is 10.0 Å². The summed E-state index contributed by atoms with van der Waals surface area (Å²) in [5, 5.41) is 0. The van der Waals surface area contributed by atoms with Crippen LogP contribution in [0.3, 0.4) is 0 Å². The molecule has 1 atom stereocenters. The molecule has 1 aromatic rings. The molecule has 0 N–H and O–H groups in total. The lowest BCUT2D eigenvalue weighted by Gasteiger charge is -2.34. The third-order valence-corrected chi connectivity index (χ3v) is 5.67. The normalized spacial score (nSPS) is 20.7. The summed E-state index contributed by atoms with van der Waals surface area (Å²) in [5.74, 6) is 0.274. The van der Waals surface area contributed by atoms with E-state index in [0.717, 1.165) is 24.8 Å². The van der Waals surface area contributed by atoms with Crippen molar-refractivity contribution in [2.45, 2.75) is 39.2 Å². The molecule has 0 aliphatic carbocycles. The van der Waals surface area contributed by atoms with Crippen LogP contribution < -0.4 is 0 Å². The van der Waals surface area contributed by atoms with Crippen LogP contribution in [-0.4, -0.2) is 25.0 Å². The van der Waals surface area contributed by atoms with Gasteiger partial charge in [0.1, 0.15) is 0 Å². The second-order valence-corrected chi connectivity index (χ2v) is 6.95. The van der Waals surface area contributed by atoms with E-state index in [-0.39, 0.29) is 11.8 Å². The number of hydrogen-bond acceptors (Lipinski definition) is 2. The number of hydrogen-bond donors (Lipinski definition) is 0. The van der Waals surface area contributed by atoms with Crippen LogP contribution in [0, 0.1) is 0 Å². The van der Waals surface area contributed by atoms with E-state index in [9.17, 15) is 8.42 Å². The van der Waals surface area contributed by atoms with Crippen molar-refractivity contribution in [1.82, 2.24) is 4.31 Å². The SMILES string of the molecule is CCCCS(=O)(=O)N1CCc2ccccc2C1C. The summed E-state index contributed by atoms with van der Waals surface area (Å²) >= 11 is 0. The molecule has 0 saturated heterocycles. The molecule has 1 aliphatic rings. The first-order valence-corrected chi connectivity index (χ1v) is 8.24. The van der Waals surface area contributed by atoms with Crippen LogP contribution in [0.2, 0.25) is 0 Å². The third kappa shape index (κ3) is 2.59. The predicted octanol–water partition coefficient (Wildman–Crippen LogP) is 2.74. The molecule has 0 aromatic heterocycles. The summed E-state index contributed by atoms with van der Waals surface area (Å²) in [6.07, 6.45) is 2.48. The largest absolute Gasteiger partial charge is 0.214 e. The van der Waals surface area contributed by atoms with Gasteiger partial charge < -0.3 is 0 Å². The van der Waals surface area contributed by atoms with Gasteiger partial charge in [0.15, 0.2) is 0 Å². The Bertz CT molecular complexity index is 510. The lowest BCUT2D eigenvalue weighted by molar-refractivity contribution is 0.326. The van der Waals surface area contributed by atoms with E-state index in [4.69, 9.17) is 0 Å². The molecule has 0 saturated carbocycles. The first-order valence-electron chi connectivity index (χ1n) is 6.63. The molecule has 0 spiro atoms. The molecule has 0 radical (unpaired) electrons. The number of rotatable bonds is 4. The number of unbranched alkanes of at least 4 members (excludes halogenated alkanes) is 1. The zero-order valence-electron chi connectivity index (χ0n) is 11.1. The molecule has 1 heterocycles. The van der Waals surface area contributed by atoms with Crippen LogP contribution in [0.15, 0.2) is 24.3 Å². The van der Waals surface area contributed by atoms with Crippen molar-refractivity contribution in [1.29, 1.82) is 0 Å². The van der Waals surface area contributed by atoms with E-state index >= 15 is 0 Å². The molecular formula is C14H21NO2S. The Balaban J connectivity index is 2.24. The zero-order chi connectivity index (χ0) is 13.2. The molecule has 3 nitrogen and oxygen atoms in total. The Morgan fingerprint density at radius 2 is 2.06 bits per heavy atom. The average molecular weight is 267 g/mol. The molecule has 18 heavy (non-hydrogen) atoms. The van der Waals surface area contributed by atoms with Gasteiger partial charge in [0, 0.05) is 12.6 Å². The smallest absolute Gasteiger partial charge is 0.212 e. The summed E-state index contributed by atoms with van der Waals surface area (Å²) in [7, 11) is -3.10. The van der Waals surface area contributed by atoms with E-state index in [2.05, 4.69) is 6.07 Å². The Labute approximate surface area is 110 Å². The summed E-state index contributed by atoms with van der Waals surface area (Å²) in [6.45, 7) is 4.62. The fourth-order valence-electron chi connectivity index (χ4n) is 2.57. The first-order chi connectivity index (χ1) is 8.56. The van der Waals surface area contributed by atoms with Crippen LogP contribution >= 0.6 is 0 Å². The molecule has 0 fully saturated rings. The lowest BCUT2D eigenvalue weighted by atomic mass is 9.96. The van der Waals surface area contributed by atoms with Crippen LogP contribution in [-0.2, 0) is 16.4 Å². The molecule has 2 rings (SSSR count). The Morgan fingerprint density at radius 1 is 1.33 bits per heavy atom. The van der Waals surface area contributed by atoms with E-state index in [0.29, 0.717) is 6.54 Å². The second kappa shape index (κ2) is 5.41. The minimum atomic E-state index is -3.10. The highest BCUT2D eigenvalue weighted by Crippen LogP contribution is 2.31. The number of fused-ring (bicyclic) bond motifs is 1. The monoisotopic (exact) mass is 267 g/mol. The van der Waals surface area contributed by atoms with Crippen molar-refractivity contribution in [2.24, 2.45) is 0 Å². The summed E-state index contributed by atoms with van der Waals surface area (Å²) < 4.78 is 26.3. The Morgan fingerprint density at radius 3 is 2.78 bits per heavy atom. The maximum Gasteiger partial charge on any atom is 0.214 e. The molecule has 0 bridgehead atoms. The highest BCUT2D eigenvalue weighted by Gasteiger charge is 2.31. The maximum atomic E-state index is 12.3. The minimum absolute atomic E-state index is 0.0307. The molecule has 1 aliphatic heterocycles. The predicted molar refractivity (Wildman–Crippen MR) is 74.0 cm³/mol.